The third-order valence-electron chi connectivity index (χ3n) is 5.34. The van der Waals surface area contributed by atoms with E-state index in [0.717, 1.165) is 28.7 Å². The number of anilines is 3. The van der Waals surface area contributed by atoms with Crippen molar-refractivity contribution in [2.24, 2.45) is 0 Å². The molecule has 0 bridgehead atoms. The maximum Gasteiger partial charge on any atom is 0.268 e. The molecule has 0 atom stereocenters. The molecule has 7 nitrogen and oxygen atoms in total. The molecule has 0 saturated carbocycles. The lowest BCUT2D eigenvalue weighted by Gasteiger charge is -2.25. The molecule has 3 aromatic carbocycles. The van der Waals surface area contributed by atoms with Crippen molar-refractivity contribution in [2.45, 2.75) is 11.4 Å². The van der Waals surface area contributed by atoms with Crippen LogP contribution in [0.1, 0.15) is 5.56 Å². The molecule has 1 radical (unpaired) electrons. The molecule has 0 aliphatic heterocycles. The summed E-state index contributed by atoms with van der Waals surface area (Å²) in [6, 6.07) is 18.8. The van der Waals surface area contributed by atoms with Gasteiger partial charge in [-0.25, -0.2) is 26.5 Å². The second kappa shape index (κ2) is 11.0. The summed E-state index contributed by atoms with van der Waals surface area (Å²) in [5.74, 6) is -1.01. The Morgan fingerprint density at radius 2 is 1.86 bits per heavy atom. The first-order valence-electron chi connectivity index (χ1n) is 10.8. The molecule has 0 aliphatic rings. The Hall–Kier alpha value is -3.89. The van der Waals surface area contributed by atoms with E-state index in [0.29, 0.717) is 22.7 Å². The van der Waals surface area contributed by atoms with Crippen LogP contribution in [-0.2, 0) is 16.6 Å². The van der Waals surface area contributed by atoms with E-state index in [1.807, 2.05) is 0 Å². The Labute approximate surface area is 218 Å². The predicted molar refractivity (Wildman–Crippen MR) is 137 cm³/mol. The fourth-order valence-corrected chi connectivity index (χ4v) is 5.25. The van der Waals surface area contributed by atoms with Gasteiger partial charge in [0.05, 0.1) is 37.7 Å². The van der Waals surface area contributed by atoms with Gasteiger partial charge in [0, 0.05) is 29.4 Å². The van der Waals surface area contributed by atoms with Crippen LogP contribution in [0.4, 0.5) is 26.0 Å². The van der Waals surface area contributed by atoms with Gasteiger partial charge >= 0.3 is 0 Å². The zero-order chi connectivity index (χ0) is 26.6. The van der Waals surface area contributed by atoms with Crippen molar-refractivity contribution in [3.63, 3.8) is 0 Å². The molecule has 0 unspecified atom stereocenters. The molecule has 11 heteroatoms. The van der Waals surface area contributed by atoms with Gasteiger partial charge in [0.2, 0.25) is 0 Å². The summed E-state index contributed by atoms with van der Waals surface area (Å²) in [5, 5.41) is 2.87. The molecule has 1 aromatic heterocycles. The summed E-state index contributed by atoms with van der Waals surface area (Å²) in [6.07, 6.45) is 0.871. The largest absolute Gasteiger partial charge is 0.497 e. The van der Waals surface area contributed by atoms with Gasteiger partial charge in [-0.05, 0) is 36.4 Å². The second-order valence-electron chi connectivity index (χ2n) is 7.69. The number of nitrogens with one attached hydrogen (secondary N) is 1. The van der Waals surface area contributed by atoms with E-state index in [2.05, 4.69) is 16.4 Å². The fraction of sp³-hybridized carbons (Fsp3) is 0.115. The number of aromatic nitrogens is 1. The Morgan fingerprint density at radius 1 is 1.05 bits per heavy atom. The number of pyridine rings is 1. The van der Waals surface area contributed by atoms with Gasteiger partial charge < -0.3 is 14.8 Å². The van der Waals surface area contributed by atoms with Gasteiger partial charge in [0.15, 0.2) is 0 Å². The number of rotatable bonds is 9. The topological polar surface area (TPSA) is 80.8 Å². The molecule has 0 fully saturated rings. The van der Waals surface area contributed by atoms with Crippen LogP contribution in [0.15, 0.2) is 77.8 Å². The van der Waals surface area contributed by atoms with Crippen LogP contribution in [0.2, 0.25) is 5.02 Å². The van der Waals surface area contributed by atoms with E-state index in [9.17, 15) is 12.8 Å². The molecule has 0 spiro atoms. The number of hydrogen-bond acceptors (Lipinski definition) is 6. The van der Waals surface area contributed by atoms with Crippen LogP contribution in [0, 0.1) is 17.7 Å². The molecule has 0 aliphatic carbocycles. The Balaban J connectivity index is 1.78. The van der Waals surface area contributed by atoms with Gasteiger partial charge in [0.1, 0.15) is 33.8 Å². The first-order chi connectivity index (χ1) is 17.7. The summed E-state index contributed by atoms with van der Waals surface area (Å²) >= 11 is 6.34. The van der Waals surface area contributed by atoms with Crippen LogP contribution in [0.3, 0.4) is 0 Å². The van der Waals surface area contributed by atoms with E-state index in [4.69, 9.17) is 21.1 Å². The van der Waals surface area contributed by atoms with E-state index >= 15 is 4.39 Å². The first kappa shape index (κ1) is 26.2. The average molecular weight is 545 g/mol. The SMILES string of the molecule is COc1ccc(CN(c2ccc(F)cn2)S(=O)(=O)c2cc(Cl)c(Nc3[c]cccc3)cc2F)c(OC)c1. The predicted octanol–water partition coefficient (Wildman–Crippen LogP) is 5.97. The quantitative estimate of drug-likeness (QED) is 0.280. The van der Waals surface area contributed by atoms with Gasteiger partial charge in [-0.3, -0.25) is 0 Å². The molecule has 4 rings (SSSR count). The Kier molecular flexibility index (Phi) is 7.80. The lowest BCUT2D eigenvalue weighted by molar-refractivity contribution is 0.391. The summed E-state index contributed by atoms with van der Waals surface area (Å²) in [5.41, 5.74) is 1.11. The molecular weight excluding hydrogens is 524 g/mol. The maximum absolute atomic E-state index is 15.3. The second-order valence-corrected chi connectivity index (χ2v) is 9.93. The summed E-state index contributed by atoms with van der Waals surface area (Å²) in [6.45, 7) is -0.301. The highest BCUT2D eigenvalue weighted by Gasteiger charge is 2.31. The number of ether oxygens (including phenoxy) is 2. The monoisotopic (exact) mass is 544 g/mol. The lowest BCUT2D eigenvalue weighted by Crippen LogP contribution is -2.32. The van der Waals surface area contributed by atoms with Gasteiger partial charge in [-0.2, -0.15) is 0 Å². The van der Waals surface area contributed by atoms with E-state index in [1.54, 1.807) is 42.5 Å². The van der Waals surface area contributed by atoms with E-state index < -0.39 is 26.6 Å². The van der Waals surface area contributed by atoms with E-state index in [-0.39, 0.29) is 23.1 Å². The molecule has 37 heavy (non-hydrogen) atoms. The van der Waals surface area contributed by atoms with Crippen molar-refractivity contribution < 1.29 is 26.7 Å². The zero-order valence-corrected chi connectivity index (χ0v) is 21.3. The minimum absolute atomic E-state index is 0.0359. The van der Waals surface area contributed by atoms with Crippen molar-refractivity contribution in [2.75, 3.05) is 23.8 Å². The number of hydrogen-bond donors (Lipinski definition) is 1. The van der Waals surface area contributed by atoms with Crippen LogP contribution in [0.5, 0.6) is 11.5 Å². The Bertz CT molecular complexity index is 1500. The van der Waals surface area contributed by atoms with Crippen molar-refractivity contribution >= 4 is 38.8 Å². The molecule has 0 saturated heterocycles. The summed E-state index contributed by atoms with van der Waals surface area (Å²) in [7, 11) is -1.68. The lowest BCUT2D eigenvalue weighted by atomic mass is 10.2. The summed E-state index contributed by atoms with van der Waals surface area (Å²) < 4.78 is 67.9. The number of methoxy groups -OCH3 is 2. The third-order valence-corrected chi connectivity index (χ3v) is 7.42. The van der Waals surface area contributed by atoms with Crippen LogP contribution >= 0.6 is 11.6 Å². The third kappa shape index (κ3) is 5.76. The van der Waals surface area contributed by atoms with Crippen LogP contribution in [0.25, 0.3) is 0 Å². The molecule has 4 aromatic rings. The highest BCUT2D eigenvalue weighted by atomic mass is 35.5. The number of benzene rings is 3. The standard InChI is InChI=1S/C26H21ClF2N3O4S/c1-35-20-10-8-17(24(12-20)36-2)16-32(26-11-9-18(28)15-30-26)37(33,34)25-13-21(27)23(14-22(25)29)31-19-6-4-3-5-7-19/h3-6,8-15,31H,16H2,1-2H3. The average Bonchev–Trinajstić information content (AvgIpc) is 2.90. The molecule has 0 amide bonds. The van der Waals surface area contributed by atoms with Crippen molar-refractivity contribution in [1.29, 1.82) is 0 Å². The van der Waals surface area contributed by atoms with Gasteiger partial charge in [-0.15, -0.1) is 0 Å². The highest BCUT2D eigenvalue weighted by molar-refractivity contribution is 7.92. The van der Waals surface area contributed by atoms with Crippen molar-refractivity contribution in [1.82, 2.24) is 4.98 Å². The minimum atomic E-state index is -4.58. The van der Waals surface area contributed by atoms with Crippen LogP contribution < -0.4 is 19.1 Å². The zero-order valence-electron chi connectivity index (χ0n) is 19.7. The Morgan fingerprint density at radius 3 is 2.51 bits per heavy atom. The highest BCUT2D eigenvalue weighted by Crippen LogP contribution is 2.35. The number of sulfonamides is 1. The van der Waals surface area contributed by atoms with Crippen molar-refractivity contribution in [3.8, 4) is 11.5 Å². The van der Waals surface area contributed by atoms with Crippen molar-refractivity contribution in [3.05, 3.63) is 101 Å². The van der Waals surface area contributed by atoms with Crippen LogP contribution in [-0.4, -0.2) is 27.6 Å². The molecule has 191 valence electrons. The molecular formula is C26H21ClF2N3O4S. The smallest absolute Gasteiger partial charge is 0.268 e. The van der Waals surface area contributed by atoms with Gasteiger partial charge in [-0.1, -0.05) is 29.8 Å². The van der Waals surface area contributed by atoms with Gasteiger partial charge in [0.25, 0.3) is 10.0 Å². The normalized spacial score (nSPS) is 11.2. The first-order valence-corrected chi connectivity index (χ1v) is 12.6. The minimum Gasteiger partial charge on any atom is -0.497 e. The van der Waals surface area contributed by atoms with E-state index in [1.165, 1.54) is 20.3 Å². The maximum atomic E-state index is 15.3. The summed E-state index contributed by atoms with van der Waals surface area (Å²) in [4.78, 5) is 3.23. The fourth-order valence-electron chi connectivity index (χ4n) is 3.50. The molecule has 1 N–H and O–H groups in total. The number of para-hydroxylation sites is 1. The molecule has 1 heterocycles. The number of halogens is 3. The number of nitrogens with zero attached hydrogens (tertiary/aromatic N) is 2.